The van der Waals surface area contributed by atoms with E-state index in [1.54, 1.807) is 7.11 Å². The maximum atomic E-state index is 5.29. The average Bonchev–Trinajstić information content (AvgIpc) is 2.86. The fourth-order valence-corrected chi connectivity index (χ4v) is 2.83. The summed E-state index contributed by atoms with van der Waals surface area (Å²) in [6, 6.07) is 8.41. The van der Waals surface area contributed by atoms with Gasteiger partial charge in [0.2, 0.25) is 0 Å². The minimum absolute atomic E-state index is 0.740. The van der Waals surface area contributed by atoms with E-state index in [9.17, 15) is 0 Å². The van der Waals surface area contributed by atoms with E-state index in [1.165, 1.54) is 25.1 Å². The fraction of sp³-hybridized carbons (Fsp3) is 0.647. The van der Waals surface area contributed by atoms with E-state index in [0.717, 1.165) is 37.2 Å². The SMILES string of the molecule is COc1cccc(CN2CCC(CNCC(C)C)C2)c1. The zero-order valence-electron chi connectivity index (χ0n) is 13.1. The van der Waals surface area contributed by atoms with Gasteiger partial charge in [-0.15, -0.1) is 0 Å². The Bertz CT molecular complexity index is 406. The Morgan fingerprint density at radius 1 is 1.40 bits per heavy atom. The van der Waals surface area contributed by atoms with E-state index in [-0.39, 0.29) is 0 Å². The summed E-state index contributed by atoms with van der Waals surface area (Å²) in [5.41, 5.74) is 1.35. The number of nitrogens with one attached hydrogen (secondary N) is 1. The Hall–Kier alpha value is -1.06. The number of benzene rings is 1. The summed E-state index contributed by atoms with van der Waals surface area (Å²) in [6.45, 7) is 10.3. The summed E-state index contributed by atoms with van der Waals surface area (Å²) in [5.74, 6) is 2.50. The molecule has 112 valence electrons. The molecule has 1 N–H and O–H groups in total. The number of hydrogen-bond donors (Lipinski definition) is 1. The van der Waals surface area contributed by atoms with Gasteiger partial charge < -0.3 is 10.1 Å². The molecule has 0 saturated carbocycles. The Kier molecular flexibility index (Phi) is 5.86. The molecule has 0 spiro atoms. The number of hydrogen-bond acceptors (Lipinski definition) is 3. The number of rotatable bonds is 7. The highest BCUT2D eigenvalue weighted by atomic mass is 16.5. The Morgan fingerprint density at radius 3 is 3.00 bits per heavy atom. The lowest BCUT2D eigenvalue weighted by Gasteiger charge is -2.17. The summed E-state index contributed by atoms with van der Waals surface area (Å²) in [4.78, 5) is 2.55. The van der Waals surface area contributed by atoms with Crippen LogP contribution in [-0.2, 0) is 6.54 Å². The van der Waals surface area contributed by atoms with E-state index >= 15 is 0 Å². The van der Waals surface area contributed by atoms with Gasteiger partial charge in [-0.1, -0.05) is 26.0 Å². The second-order valence-corrected chi connectivity index (χ2v) is 6.29. The summed E-state index contributed by atoms with van der Waals surface area (Å²) in [5, 5.41) is 3.58. The minimum atomic E-state index is 0.740. The van der Waals surface area contributed by atoms with Crippen LogP contribution in [0.25, 0.3) is 0 Å². The van der Waals surface area contributed by atoms with Gasteiger partial charge in [-0.3, -0.25) is 4.90 Å². The lowest BCUT2D eigenvalue weighted by atomic mass is 10.1. The molecule has 2 rings (SSSR count). The van der Waals surface area contributed by atoms with Crippen molar-refractivity contribution in [3.63, 3.8) is 0 Å². The number of methoxy groups -OCH3 is 1. The molecule has 1 aromatic rings. The molecule has 3 nitrogen and oxygen atoms in total. The summed E-state index contributed by atoms with van der Waals surface area (Å²) >= 11 is 0. The first-order chi connectivity index (χ1) is 9.67. The zero-order valence-corrected chi connectivity index (χ0v) is 13.1. The smallest absolute Gasteiger partial charge is 0.119 e. The van der Waals surface area contributed by atoms with Crippen molar-refractivity contribution in [2.24, 2.45) is 11.8 Å². The molecule has 1 aliphatic heterocycles. The zero-order chi connectivity index (χ0) is 14.4. The van der Waals surface area contributed by atoms with E-state index in [4.69, 9.17) is 4.74 Å². The van der Waals surface area contributed by atoms with E-state index in [1.807, 2.05) is 6.07 Å². The van der Waals surface area contributed by atoms with Crippen molar-refractivity contribution < 1.29 is 4.74 Å². The van der Waals surface area contributed by atoms with Crippen molar-refractivity contribution in [1.82, 2.24) is 10.2 Å². The molecule has 0 radical (unpaired) electrons. The molecule has 0 amide bonds. The molecule has 3 heteroatoms. The molecular formula is C17H28N2O. The monoisotopic (exact) mass is 276 g/mol. The highest BCUT2D eigenvalue weighted by Crippen LogP contribution is 2.20. The van der Waals surface area contributed by atoms with Crippen molar-refractivity contribution in [2.45, 2.75) is 26.8 Å². The third kappa shape index (κ3) is 4.80. The van der Waals surface area contributed by atoms with E-state index < -0.39 is 0 Å². The van der Waals surface area contributed by atoms with Crippen LogP contribution in [0, 0.1) is 11.8 Å². The standard InChI is InChI=1S/C17H28N2O/c1-14(2)10-18-11-16-7-8-19(13-16)12-15-5-4-6-17(9-15)20-3/h4-6,9,14,16,18H,7-8,10-13H2,1-3H3. The van der Waals surface area contributed by atoms with Gasteiger partial charge in [0.15, 0.2) is 0 Å². The third-order valence-electron chi connectivity index (χ3n) is 3.90. The molecule has 1 aromatic carbocycles. The Balaban J connectivity index is 1.75. The lowest BCUT2D eigenvalue weighted by molar-refractivity contribution is 0.312. The normalized spacial score (nSPS) is 19.7. The number of nitrogens with zero attached hydrogens (tertiary/aromatic N) is 1. The molecule has 1 atom stereocenters. The first-order valence-corrected chi connectivity index (χ1v) is 7.73. The van der Waals surface area contributed by atoms with Crippen LogP contribution >= 0.6 is 0 Å². The van der Waals surface area contributed by atoms with Crippen LogP contribution in [0.3, 0.4) is 0 Å². The van der Waals surface area contributed by atoms with Gasteiger partial charge in [0.1, 0.15) is 5.75 Å². The highest BCUT2D eigenvalue weighted by molar-refractivity contribution is 5.28. The highest BCUT2D eigenvalue weighted by Gasteiger charge is 2.22. The molecular weight excluding hydrogens is 248 g/mol. The van der Waals surface area contributed by atoms with Crippen molar-refractivity contribution in [3.05, 3.63) is 29.8 Å². The van der Waals surface area contributed by atoms with Crippen molar-refractivity contribution in [3.8, 4) is 5.75 Å². The minimum Gasteiger partial charge on any atom is -0.497 e. The molecule has 1 unspecified atom stereocenters. The predicted octanol–water partition coefficient (Wildman–Crippen LogP) is 2.76. The number of likely N-dealkylation sites (tertiary alicyclic amines) is 1. The first kappa shape index (κ1) is 15.3. The van der Waals surface area contributed by atoms with Crippen LogP contribution in [0.1, 0.15) is 25.8 Å². The fourth-order valence-electron chi connectivity index (χ4n) is 2.83. The Labute approximate surface area is 123 Å². The van der Waals surface area contributed by atoms with Crippen molar-refractivity contribution in [1.29, 1.82) is 0 Å². The van der Waals surface area contributed by atoms with Gasteiger partial charge in [-0.05, 0) is 55.6 Å². The third-order valence-corrected chi connectivity index (χ3v) is 3.90. The molecule has 1 saturated heterocycles. The maximum absolute atomic E-state index is 5.29. The average molecular weight is 276 g/mol. The summed E-state index contributed by atoms with van der Waals surface area (Å²) in [6.07, 6.45) is 1.31. The lowest BCUT2D eigenvalue weighted by Crippen LogP contribution is -2.28. The van der Waals surface area contributed by atoms with E-state index in [0.29, 0.717) is 0 Å². The number of ether oxygens (including phenoxy) is 1. The molecule has 1 aliphatic rings. The second kappa shape index (κ2) is 7.65. The summed E-state index contributed by atoms with van der Waals surface area (Å²) < 4.78 is 5.29. The Morgan fingerprint density at radius 2 is 2.25 bits per heavy atom. The molecule has 0 bridgehead atoms. The van der Waals surface area contributed by atoms with Crippen LogP contribution in [0.15, 0.2) is 24.3 Å². The molecule has 0 aliphatic carbocycles. The van der Waals surface area contributed by atoms with Crippen LogP contribution < -0.4 is 10.1 Å². The van der Waals surface area contributed by atoms with Crippen LogP contribution in [0.2, 0.25) is 0 Å². The molecule has 1 heterocycles. The molecule has 20 heavy (non-hydrogen) atoms. The molecule has 0 aromatic heterocycles. The van der Waals surface area contributed by atoms with Gasteiger partial charge in [0, 0.05) is 13.1 Å². The van der Waals surface area contributed by atoms with Gasteiger partial charge in [0.25, 0.3) is 0 Å². The van der Waals surface area contributed by atoms with Crippen molar-refractivity contribution >= 4 is 0 Å². The van der Waals surface area contributed by atoms with Crippen LogP contribution in [0.4, 0.5) is 0 Å². The van der Waals surface area contributed by atoms with Crippen molar-refractivity contribution in [2.75, 3.05) is 33.3 Å². The quantitative estimate of drug-likeness (QED) is 0.829. The van der Waals surface area contributed by atoms with Gasteiger partial charge in [-0.25, -0.2) is 0 Å². The van der Waals surface area contributed by atoms with Crippen LogP contribution in [0.5, 0.6) is 5.75 Å². The maximum Gasteiger partial charge on any atom is 0.119 e. The van der Waals surface area contributed by atoms with Gasteiger partial charge >= 0.3 is 0 Å². The summed E-state index contributed by atoms with van der Waals surface area (Å²) in [7, 11) is 1.73. The van der Waals surface area contributed by atoms with E-state index in [2.05, 4.69) is 42.3 Å². The van der Waals surface area contributed by atoms with Gasteiger partial charge in [-0.2, -0.15) is 0 Å². The predicted molar refractivity (Wildman–Crippen MR) is 84.1 cm³/mol. The topological polar surface area (TPSA) is 24.5 Å². The molecule has 1 fully saturated rings. The first-order valence-electron chi connectivity index (χ1n) is 7.73. The van der Waals surface area contributed by atoms with Crippen LogP contribution in [-0.4, -0.2) is 38.2 Å². The largest absolute Gasteiger partial charge is 0.497 e. The second-order valence-electron chi connectivity index (χ2n) is 6.29. The van der Waals surface area contributed by atoms with Gasteiger partial charge in [0.05, 0.1) is 7.11 Å².